The second kappa shape index (κ2) is 13.1. The van der Waals surface area contributed by atoms with Gasteiger partial charge >= 0.3 is 15.2 Å². The SMILES string of the molecule is NC(P(=O)(O)O)P(=O)(O)OCCCCCCCCCCSc1ccccc1. The summed E-state index contributed by atoms with van der Waals surface area (Å²) in [5.74, 6) is 1.14. The molecule has 1 aromatic rings. The van der Waals surface area contributed by atoms with Gasteiger partial charge in [0.15, 0.2) is 0 Å². The van der Waals surface area contributed by atoms with Crippen LogP contribution in [0.4, 0.5) is 0 Å². The Kier molecular flexibility index (Phi) is 12.1. The lowest BCUT2D eigenvalue weighted by Gasteiger charge is -2.19. The molecule has 0 aliphatic heterocycles. The molecule has 0 amide bonds. The maximum Gasteiger partial charge on any atom is 0.357 e. The van der Waals surface area contributed by atoms with E-state index in [9.17, 15) is 14.0 Å². The minimum absolute atomic E-state index is 0.0296. The Bertz CT molecular complexity index is 613. The van der Waals surface area contributed by atoms with Crippen LogP contribution in [0.3, 0.4) is 0 Å². The van der Waals surface area contributed by atoms with Crippen molar-refractivity contribution in [3.05, 3.63) is 30.3 Å². The lowest BCUT2D eigenvalue weighted by molar-refractivity contribution is 0.246. The summed E-state index contributed by atoms with van der Waals surface area (Å²) in [6.45, 7) is -0.0296. The molecule has 0 aromatic heterocycles. The fourth-order valence-corrected chi connectivity index (χ4v) is 5.63. The molecular formula is C17H31NO6P2S. The van der Waals surface area contributed by atoms with E-state index in [4.69, 9.17) is 20.0 Å². The molecule has 2 atom stereocenters. The van der Waals surface area contributed by atoms with E-state index < -0.39 is 20.7 Å². The van der Waals surface area contributed by atoms with Crippen molar-refractivity contribution in [1.29, 1.82) is 0 Å². The first kappa shape index (κ1) is 24.9. The molecule has 1 aromatic carbocycles. The first-order chi connectivity index (χ1) is 12.7. The molecular weight excluding hydrogens is 408 g/mol. The van der Waals surface area contributed by atoms with Crippen LogP contribution in [-0.2, 0) is 13.7 Å². The fourth-order valence-electron chi connectivity index (χ4n) is 2.43. The molecule has 1 rings (SSSR count). The maximum atomic E-state index is 11.6. The number of thioether (sulfide) groups is 1. The van der Waals surface area contributed by atoms with E-state index >= 15 is 0 Å². The highest BCUT2D eigenvalue weighted by Crippen LogP contribution is 2.60. The summed E-state index contributed by atoms with van der Waals surface area (Å²) in [6.07, 6.45) is 8.30. The van der Waals surface area contributed by atoms with Gasteiger partial charge in [0.05, 0.1) is 6.61 Å². The topological polar surface area (TPSA) is 130 Å². The summed E-state index contributed by atoms with van der Waals surface area (Å²) >= 11 is 1.89. The van der Waals surface area contributed by atoms with Gasteiger partial charge in [0, 0.05) is 4.90 Å². The highest BCUT2D eigenvalue weighted by atomic mass is 32.2. The van der Waals surface area contributed by atoms with Crippen LogP contribution in [-0.4, -0.2) is 32.6 Å². The average molecular weight is 439 g/mol. The third kappa shape index (κ3) is 11.4. The lowest BCUT2D eigenvalue weighted by atomic mass is 10.1. The zero-order valence-corrected chi connectivity index (χ0v) is 18.1. The number of hydrogen-bond donors (Lipinski definition) is 4. The second-order valence-corrected chi connectivity index (χ2v) is 11.6. The van der Waals surface area contributed by atoms with Gasteiger partial charge in [-0.05, 0) is 30.7 Å². The van der Waals surface area contributed by atoms with Gasteiger partial charge in [-0.1, -0.05) is 56.7 Å². The van der Waals surface area contributed by atoms with Crippen molar-refractivity contribution in [2.75, 3.05) is 12.4 Å². The quantitative estimate of drug-likeness (QED) is 0.178. The molecule has 5 N–H and O–H groups in total. The van der Waals surface area contributed by atoms with Gasteiger partial charge in [-0.15, -0.1) is 11.8 Å². The highest BCUT2D eigenvalue weighted by molar-refractivity contribution is 7.99. The van der Waals surface area contributed by atoms with Crippen molar-refractivity contribution in [1.82, 2.24) is 0 Å². The maximum absolute atomic E-state index is 11.6. The Morgan fingerprint density at radius 1 is 0.889 bits per heavy atom. The van der Waals surface area contributed by atoms with E-state index in [0.29, 0.717) is 6.42 Å². The second-order valence-electron chi connectivity index (χ2n) is 6.39. The predicted octanol–water partition coefficient (Wildman–Crippen LogP) is 4.52. The minimum Gasteiger partial charge on any atom is -0.323 e. The fraction of sp³-hybridized carbons (Fsp3) is 0.647. The average Bonchev–Trinajstić information content (AvgIpc) is 2.62. The van der Waals surface area contributed by atoms with Crippen LogP contribution < -0.4 is 5.73 Å². The van der Waals surface area contributed by atoms with E-state index in [1.165, 1.54) is 30.6 Å². The van der Waals surface area contributed by atoms with Crippen LogP contribution in [0.25, 0.3) is 0 Å². The van der Waals surface area contributed by atoms with E-state index in [-0.39, 0.29) is 6.61 Å². The molecule has 0 radical (unpaired) electrons. The third-order valence-corrected chi connectivity index (χ3v) is 8.79. The number of unbranched alkanes of at least 4 members (excludes halogenated alkanes) is 7. The molecule has 0 aliphatic rings. The summed E-state index contributed by atoms with van der Waals surface area (Å²) in [4.78, 5) is 28.4. The van der Waals surface area contributed by atoms with Crippen LogP contribution >= 0.6 is 27.0 Å². The Morgan fingerprint density at radius 2 is 1.41 bits per heavy atom. The van der Waals surface area contributed by atoms with Gasteiger partial charge in [-0.3, -0.25) is 9.13 Å². The lowest BCUT2D eigenvalue weighted by Crippen LogP contribution is -2.21. The monoisotopic (exact) mass is 439 g/mol. The summed E-state index contributed by atoms with van der Waals surface area (Å²) in [5.41, 5.74) is 2.91. The predicted molar refractivity (Wildman–Crippen MR) is 110 cm³/mol. The Labute approximate surface area is 165 Å². The number of hydrogen-bond acceptors (Lipinski definition) is 5. The van der Waals surface area contributed by atoms with E-state index in [1.54, 1.807) is 0 Å². The Balaban J connectivity index is 1.93. The molecule has 0 bridgehead atoms. The van der Waals surface area contributed by atoms with Gasteiger partial charge in [0.25, 0.3) is 0 Å². The molecule has 0 aliphatic carbocycles. The molecule has 0 spiro atoms. The number of rotatable bonds is 15. The van der Waals surface area contributed by atoms with Gasteiger partial charge in [-0.25, -0.2) is 0 Å². The zero-order valence-electron chi connectivity index (χ0n) is 15.5. The Hall–Kier alpha value is -0.170. The van der Waals surface area contributed by atoms with Crippen molar-refractivity contribution >= 4 is 27.0 Å². The Morgan fingerprint density at radius 3 is 1.96 bits per heavy atom. The standard InChI is InChI=1S/C17H31NO6P2S/c18-17(25(19,20)21)26(22,23)24-14-10-5-3-1-2-4-6-11-15-27-16-12-8-7-9-13-16/h7-9,12-13,17H,1-6,10-11,14-15,18H2,(H,22,23)(H2,19,20,21). The molecule has 0 fully saturated rings. The largest absolute Gasteiger partial charge is 0.357 e. The van der Waals surface area contributed by atoms with Crippen molar-refractivity contribution in [3.8, 4) is 0 Å². The molecule has 27 heavy (non-hydrogen) atoms. The molecule has 10 heteroatoms. The van der Waals surface area contributed by atoms with Crippen molar-refractivity contribution < 1.29 is 28.3 Å². The van der Waals surface area contributed by atoms with E-state index in [2.05, 4.69) is 24.3 Å². The van der Waals surface area contributed by atoms with Crippen LogP contribution in [0, 0.1) is 0 Å². The van der Waals surface area contributed by atoms with Crippen molar-refractivity contribution in [3.63, 3.8) is 0 Å². The molecule has 156 valence electrons. The third-order valence-electron chi connectivity index (χ3n) is 4.01. The molecule has 7 nitrogen and oxygen atoms in total. The zero-order chi connectivity index (χ0) is 20.2. The normalized spacial score (nSPS) is 15.4. The first-order valence-corrected chi connectivity index (χ1v) is 13.5. The summed E-state index contributed by atoms with van der Waals surface area (Å²) < 4.78 is 27.3. The number of nitrogens with two attached hydrogens (primary N) is 1. The smallest absolute Gasteiger partial charge is 0.323 e. The van der Waals surface area contributed by atoms with Crippen LogP contribution in [0.5, 0.6) is 0 Å². The summed E-state index contributed by atoms with van der Waals surface area (Å²) in [6, 6.07) is 10.4. The summed E-state index contributed by atoms with van der Waals surface area (Å²) in [7, 11) is -9.33. The van der Waals surface area contributed by atoms with Crippen LogP contribution in [0.1, 0.15) is 51.4 Å². The minimum atomic E-state index is -4.84. The van der Waals surface area contributed by atoms with E-state index in [1.807, 2.05) is 17.8 Å². The molecule has 0 saturated heterocycles. The van der Waals surface area contributed by atoms with Gasteiger partial charge in [-0.2, -0.15) is 0 Å². The summed E-state index contributed by atoms with van der Waals surface area (Å²) in [5, 5.41) is 0. The molecule has 0 heterocycles. The van der Waals surface area contributed by atoms with Crippen LogP contribution in [0.15, 0.2) is 35.2 Å². The van der Waals surface area contributed by atoms with Crippen molar-refractivity contribution in [2.45, 2.75) is 61.8 Å². The highest BCUT2D eigenvalue weighted by Gasteiger charge is 2.42. The van der Waals surface area contributed by atoms with Crippen molar-refractivity contribution in [2.24, 2.45) is 5.73 Å². The van der Waals surface area contributed by atoms with Gasteiger partial charge in [0.2, 0.25) is 5.52 Å². The van der Waals surface area contributed by atoms with Gasteiger partial charge in [0.1, 0.15) is 0 Å². The molecule has 0 saturated carbocycles. The van der Waals surface area contributed by atoms with Crippen LogP contribution in [0.2, 0.25) is 0 Å². The molecule has 2 unspecified atom stereocenters. The van der Waals surface area contributed by atoms with E-state index in [0.717, 1.165) is 25.0 Å². The first-order valence-electron chi connectivity index (χ1n) is 9.19. The number of benzene rings is 1. The van der Waals surface area contributed by atoms with Gasteiger partial charge < -0.3 is 24.9 Å².